The predicted octanol–water partition coefficient (Wildman–Crippen LogP) is 4.30. The molecule has 0 radical (unpaired) electrons. The van der Waals surface area contributed by atoms with E-state index in [9.17, 15) is 4.79 Å². The Bertz CT molecular complexity index is 619. The van der Waals surface area contributed by atoms with Gasteiger partial charge in [0.1, 0.15) is 17.0 Å². The van der Waals surface area contributed by atoms with E-state index < -0.39 is 5.60 Å². The molecule has 0 aliphatic carbocycles. The summed E-state index contributed by atoms with van der Waals surface area (Å²) in [6.45, 7) is 7.80. The van der Waals surface area contributed by atoms with Gasteiger partial charge in [-0.2, -0.15) is 0 Å². The second-order valence-electron chi connectivity index (χ2n) is 7.57. The standard InChI is InChI=1S/C18H25ClN2O3/c1-17(2,3)24-16(22)21-10-7-18(8-11-21)6-9-20-14-12-13(19)4-5-15(14)23-18/h4-5,12,20H,6-11H2,1-3H3. The van der Waals surface area contributed by atoms with Gasteiger partial charge < -0.3 is 19.7 Å². The fourth-order valence-corrected chi connectivity index (χ4v) is 3.39. The minimum atomic E-state index is -0.465. The number of nitrogens with one attached hydrogen (secondary N) is 1. The van der Waals surface area contributed by atoms with Gasteiger partial charge in [0.05, 0.1) is 5.69 Å². The second kappa shape index (κ2) is 6.36. The highest BCUT2D eigenvalue weighted by atomic mass is 35.5. The van der Waals surface area contributed by atoms with Crippen molar-refractivity contribution in [2.75, 3.05) is 25.0 Å². The number of piperidine rings is 1. The molecule has 5 nitrogen and oxygen atoms in total. The molecule has 0 saturated carbocycles. The molecule has 0 bridgehead atoms. The van der Waals surface area contributed by atoms with Gasteiger partial charge in [-0.25, -0.2) is 4.79 Å². The third kappa shape index (κ3) is 3.89. The quantitative estimate of drug-likeness (QED) is 0.756. The normalized spacial score (nSPS) is 19.8. The number of anilines is 1. The van der Waals surface area contributed by atoms with E-state index in [2.05, 4.69) is 5.32 Å². The Balaban J connectivity index is 1.67. The number of hydrogen-bond acceptors (Lipinski definition) is 4. The number of fused-ring (bicyclic) bond motifs is 1. The van der Waals surface area contributed by atoms with Gasteiger partial charge in [0.25, 0.3) is 0 Å². The lowest BCUT2D eigenvalue weighted by Crippen LogP contribution is -2.51. The highest BCUT2D eigenvalue weighted by Crippen LogP contribution is 2.39. The summed E-state index contributed by atoms with van der Waals surface area (Å²) in [6.07, 6.45) is 2.27. The summed E-state index contributed by atoms with van der Waals surface area (Å²) < 4.78 is 11.8. The van der Waals surface area contributed by atoms with E-state index in [1.54, 1.807) is 4.90 Å². The van der Waals surface area contributed by atoms with Gasteiger partial charge in [0, 0.05) is 43.9 Å². The highest BCUT2D eigenvalue weighted by molar-refractivity contribution is 6.30. The first-order valence-electron chi connectivity index (χ1n) is 8.47. The third-order valence-corrected chi connectivity index (χ3v) is 4.73. The molecule has 1 spiro atoms. The zero-order chi connectivity index (χ0) is 17.4. The van der Waals surface area contributed by atoms with Gasteiger partial charge in [-0.1, -0.05) is 11.6 Å². The molecule has 0 atom stereocenters. The van der Waals surface area contributed by atoms with Crippen LogP contribution < -0.4 is 10.1 Å². The van der Waals surface area contributed by atoms with Crippen molar-refractivity contribution >= 4 is 23.4 Å². The highest BCUT2D eigenvalue weighted by Gasteiger charge is 2.40. The molecule has 1 amide bonds. The van der Waals surface area contributed by atoms with Crippen molar-refractivity contribution in [2.45, 2.75) is 51.2 Å². The molecule has 1 aromatic carbocycles. The molecule has 24 heavy (non-hydrogen) atoms. The van der Waals surface area contributed by atoms with Crippen LogP contribution in [0.25, 0.3) is 0 Å². The number of rotatable bonds is 0. The van der Waals surface area contributed by atoms with Crippen LogP contribution >= 0.6 is 11.6 Å². The second-order valence-corrected chi connectivity index (χ2v) is 8.01. The van der Waals surface area contributed by atoms with Gasteiger partial charge >= 0.3 is 6.09 Å². The lowest BCUT2D eigenvalue weighted by atomic mass is 9.88. The maximum atomic E-state index is 12.2. The summed E-state index contributed by atoms with van der Waals surface area (Å²) in [4.78, 5) is 14.0. The summed E-state index contributed by atoms with van der Waals surface area (Å²) in [6, 6.07) is 5.65. The molecule has 6 heteroatoms. The summed E-state index contributed by atoms with van der Waals surface area (Å²) in [5.41, 5.74) is 0.242. The first-order valence-corrected chi connectivity index (χ1v) is 8.85. The van der Waals surface area contributed by atoms with E-state index in [4.69, 9.17) is 21.1 Å². The van der Waals surface area contributed by atoms with Crippen LogP contribution in [0.4, 0.5) is 10.5 Å². The van der Waals surface area contributed by atoms with E-state index in [1.165, 1.54) is 0 Å². The number of hydrogen-bond donors (Lipinski definition) is 1. The Morgan fingerprint density at radius 3 is 2.67 bits per heavy atom. The zero-order valence-electron chi connectivity index (χ0n) is 14.5. The van der Waals surface area contributed by atoms with Gasteiger partial charge in [0.15, 0.2) is 0 Å². The molecule has 1 saturated heterocycles. The van der Waals surface area contributed by atoms with Crippen LogP contribution in [0.2, 0.25) is 5.02 Å². The summed E-state index contributed by atoms with van der Waals surface area (Å²) in [5.74, 6) is 0.836. The van der Waals surface area contributed by atoms with Crippen molar-refractivity contribution in [3.8, 4) is 5.75 Å². The Labute approximate surface area is 148 Å². The van der Waals surface area contributed by atoms with Gasteiger partial charge in [0.2, 0.25) is 0 Å². The summed E-state index contributed by atoms with van der Waals surface area (Å²) in [5, 5.41) is 4.08. The van der Waals surface area contributed by atoms with Crippen LogP contribution in [-0.4, -0.2) is 41.8 Å². The molecule has 2 heterocycles. The van der Waals surface area contributed by atoms with E-state index in [0.29, 0.717) is 18.1 Å². The van der Waals surface area contributed by atoms with Crippen molar-refractivity contribution in [2.24, 2.45) is 0 Å². The van der Waals surface area contributed by atoms with Crippen LogP contribution in [-0.2, 0) is 4.74 Å². The number of ether oxygens (including phenoxy) is 2. The molecule has 1 N–H and O–H groups in total. The van der Waals surface area contributed by atoms with E-state index >= 15 is 0 Å². The van der Waals surface area contributed by atoms with Crippen LogP contribution in [0.1, 0.15) is 40.0 Å². The van der Waals surface area contributed by atoms with Crippen molar-refractivity contribution in [3.63, 3.8) is 0 Å². The summed E-state index contributed by atoms with van der Waals surface area (Å²) >= 11 is 6.06. The maximum Gasteiger partial charge on any atom is 0.410 e. The third-order valence-electron chi connectivity index (χ3n) is 4.49. The van der Waals surface area contributed by atoms with Gasteiger partial charge in [-0.3, -0.25) is 0 Å². The zero-order valence-corrected chi connectivity index (χ0v) is 15.3. The first-order chi connectivity index (χ1) is 11.3. The van der Waals surface area contributed by atoms with Crippen molar-refractivity contribution in [1.82, 2.24) is 4.90 Å². The smallest absolute Gasteiger partial charge is 0.410 e. The van der Waals surface area contributed by atoms with E-state index in [1.807, 2.05) is 39.0 Å². The van der Waals surface area contributed by atoms with Crippen molar-refractivity contribution in [3.05, 3.63) is 23.2 Å². The van der Waals surface area contributed by atoms with Crippen LogP contribution in [0, 0.1) is 0 Å². The molecular weight excluding hydrogens is 328 g/mol. The van der Waals surface area contributed by atoms with Crippen LogP contribution in [0.3, 0.4) is 0 Å². The Kier molecular flexibility index (Phi) is 4.56. The largest absolute Gasteiger partial charge is 0.485 e. The van der Waals surface area contributed by atoms with Crippen molar-refractivity contribution < 1.29 is 14.3 Å². The van der Waals surface area contributed by atoms with Crippen molar-refractivity contribution in [1.29, 1.82) is 0 Å². The molecule has 1 fully saturated rings. The minimum absolute atomic E-state index is 0.232. The summed E-state index contributed by atoms with van der Waals surface area (Å²) in [7, 11) is 0. The number of halogens is 1. The molecule has 1 aromatic rings. The molecule has 0 aromatic heterocycles. The topological polar surface area (TPSA) is 50.8 Å². The molecule has 3 rings (SSSR count). The SMILES string of the molecule is CC(C)(C)OC(=O)N1CCC2(CCNc3cc(Cl)ccc3O2)CC1. The lowest BCUT2D eigenvalue weighted by Gasteiger charge is -2.41. The number of benzene rings is 1. The lowest BCUT2D eigenvalue weighted by molar-refractivity contribution is -0.0183. The number of carbonyl (C=O) groups excluding carboxylic acids is 1. The maximum absolute atomic E-state index is 12.2. The number of carbonyl (C=O) groups is 1. The average molecular weight is 353 g/mol. The van der Waals surface area contributed by atoms with Crippen LogP contribution in [0.5, 0.6) is 5.75 Å². The van der Waals surface area contributed by atoms with E-state index in [-0.39, 0.29) is 11.7 Å². The first kappa shape index (κ1) is 17.2. The fourth-order valence-electron chi connectivity index (χ4n) is 3.21. The average Bonchev–Trinajstić information content (AvgIpc) is 2.65. The van der Waals surface area contributed by atoms with Crippen LogP contribution in [0.15, 0.2) is 18.2 Å². The molecule has 0 unspecified atom stereocenters. The van der Waals surface area contributed by atoms with Gasteiger partial charge in [-0.05, 0) is 39.0 Å². The monoisotopic (exact) mass is 352 g/mol. The number of amides is 1. The molecule has 132 valence electrons. The predicted molar refractivity (Wildman–Crippen MR) is 95.0 cm³/mol. The van der Waals surface area contributed by atoms with E-state index in [0.717, 1.165) is 37.2 Å². The Morgan fingerprint density at radius 2 is 2.00 bits per heavy atom. The Morgan fingerprint density at radius 1 is 1.29 bits per heavy atom. The Hall–Kier alpha value is -1.62. The van der Waals surface area contributed by atoms with Gasteiger partial charge in [-0.15, -0.1) is 0 Å². The molecule has 2 aliphatic heterocycles. The fraction of sp³-hybridized carbons (Fsp3) is 0.611. The number of likely N-dealkylation sites (tertiary alicyclic amines) is 1. The minimum Gasteiger partial charge on any atom is -0.485 e. The molecular formula is C18H25ClN2O3. The number of nitrogens with zero attached hydrogens (tertiary/aromatic N) is 1. The molecule has 2 aliphatic rings.